The molecule has 2 aromatic heterocycles. The summed E-state index contributed by atoms with van der Waals surface area (Å²) in [5.74, 6) is 0. The fourth-order valence-electron chi connectivity index (χ4n) is 3.42. The van der Waals surface area contributed by atoms with Crippen molar-refractivity contribution in [1.29, 1.82) is 0 Å². The number of aliphatic hydroxyl groups is 1. The van der Waals surface area contributed by atoms with Crippen LogP contribution in [-0.2, 0) is 18.3 Å². The molecule has 0 radical (unpaired) electrons. The first-order valence-corrected chi connectivity index (χ1v) is 9.65. The van der Waals surface area contributed by atoms with Gasteiger partial charge in [0.1, 0.15) is 5.01 Å². The van der Waals surface area contributed by atoms with E-state index in [0.29, 0.717) is 25.3 Å². The maximum Gasteiger partial charge on any atom is 0.277 e. The highest BCUT2D eigenvalue weighted by atomic mass is 32.1. The Balaban J connectivity index is 1.86. The lowest BCUT2D eigenvalue weighted by molar-refractivity contribution is -0.0496. The molecule has 7 nitrogen and oxygen atoms in total. The number of rotatable bonds is 5. The van der Waals surface area contributed by atoms with Crippen LogP contribution < -0.4 is 5.56 Å². The lowest BCUT2D eigenvalue weighted by atomic mass is 9.89. The second-order valence-corrected chi connectivity index (χ2v) is 7.87. The minimum absolute atomic E-state index is 0.104. The van der Waals surface area contributed by atoms with Crippen LogP contribution in [0.2, 0.25) is 0 Å². The van der Waals surface area contributed by atoms with Gasteiger partial charge in [0.25, 0.3) is 5.56 Å². The second-order valence-electron chi connectivity index (χ2n) is 7.01. The maximum absolute atomic E-state index is 12.5. The van der Waals surface area contributed by atoms with Crippen molar-refractivity contribution in [2.75, 3.05) is 26.9 Å². The van der Waals surface area contributed by atoms with Crippen LogP contribution in [0.5, 0.6) is 0 Å². The number of hydrogen-bond donors (Lipinski definition) is 1. The van der Waals surface area contributed by atoms with Crippen LogP contribution in [0.25, 0.3) is 10.6 Å². The van der Waals surface area contributed by atoms with E-state index in [1.807, 2.05) is 26.3 Å². The summed E-state index contributed by atoms with van der Waals surface area (Å²) >= 11 is 1.48. The van der Waals surface area contributed by atoms with Gasteiger partial charge in [-0.25, -0.2) is 9.67 Å². The molecule has 0 aromatic carbocycles. The lowest BCUT2D eigenvalue weighted by Crippen LogP contribution is -2.52. The van der Waals surface area contributed by atoms with E-state index >= 15 is 0 Å². The van der Waals surface area contributed by atoms with Gasteiger partial charge in [-0.2, -0.15) is 5.10 Å². The zero-order chi connectivity index (χ0) is 18.9. The van der Waals surface area contributed by atoms with Crippen LogP contribution in [0.3, 0.4) is 0 Å². The molecular formula is C18H26N4O3S. The van der Waals surface area contributed by atoms with Gasteiger partial charge >= 0.3 is 0 Å². The van der Waals surface area contributed by atoms with Crippen LogP contribution in [0.4, 0.5) is 0 Å². The number of hydrogen-bond acceptors (Lipinski definition) is 7. The molecule has 1 N–H and O–H groups in total. The summed E-state index contributed by atoms with van der Waals surface area (Å²) in [7, 11) is 3.68. The van der Waals surface area contributed by atoms with Gasteiger partial charge in [-0.3, -0.25) is 9.69 Å². The van der Waals surface area contributed by atoms with Crippen molar-refractivity contribution in [3.05, 3.63) is 32.7 Å². The Morgan fingerprint density at radius 3 is 2.73 bits per heavy atom. The Morgan fingerprint density at radius 2 is 2.08 bits per heavy atom. The Kier molecular flexibility index (Phi) is 5.57. The largest absolute Gasteiger partial charge is 0.394 e. The third kappa shape index (κ3) is 3.46. The summed E-state index contributed by atoms with van der Waals surface area (Å²) in [6, 6.07) is 0. The zero-order valence-corrected chi connectivity index (χ0v) is 16.6. The molecule has 3 heterocycles. The van der Waals surface area contributed by atoms with Gasteiger partial charge < -0.3 is 9.84 Å². The van der Waals surface area contributed by atoms with Crippen molar-refractivity contribution < 1.29 is 9.84 Å². The van der Waals surface area contributed by atoms with Crippen LogP contribution in [0.15, 0.2) is 10.2 Å². The molecule has 1 saturated heterocycles. The van der Waals surface area contributed by atoms with E-state index in [1.165, 1.54) is 16.0 Å². The predicted molar refractivity (Wildman–Crippen MR) is 101 cm³/mol. The lowest BCUT2D eigenvalue weighted by Gasteiger charge is -2.43. The smallest absolute Gasteiger partial charge is 0.277 e. The Labute approximate surface area is 157 Å². The van der Waals surface area contributed by atoms with Crippen LogP contribution in [0, 0.1) is 13.8 Å². The first kappa shape index (κ1) is 19.2. The first-order valence-electron chi connectivity index (χ1n) is 8.77. The molecule has 0 amide bonds. The molecule has 3 rings (SSSR count). The number of nitrogens with zero attached hydrogens (tertiary/aromatic N) is 4. The number of likely N-dealkylation sites (N-methyl/N-ethyl adjacent to an activating group) is 1. The van der Waals surface area contributed by atoms with Crippen LogP contribution >= 0.6 is 11.3 Å². The molecule has 0 spiro atoms. The van der Waals surface area contributed by atoms with E-state index < -0.39 is 0 Å². The van der Waals surface area contributed by atoms with Gasteiger partial charge in [0, 0.05) is 37.7 Å². The number of ether oxygens (including phenoxy) is 1. The summed E-state index contributed by atoms with van der Waals surface area (Å²) in [4.78, 5) is 19.4. The normalized spacial score (nSPS) is 17.0. The number of thiazole rings is 1. The summed E-state index contributed by atoms with van der Waals surface area (Å²) in [6.45, 7) is 5.87. The first-order chi connectivity index (χ1) is 12.4. The van der Waals surface area contributed by atoms with Gasteiger partial charge in [-0.15, -0.1) is 11.3 Å². The highest BCUT2D eigenvalue weighted by Crippen LogP contribution is 2.30. The van der Waals surface area contributed by atoms with Crippen molar-refractivity contribution in [3.8, 4) is 10.6 Å². The van der Waals surface area contributed by atoms with Gasteiger partial charge in [-0.1, -0.05) is 0 Å². The molecule has 1 aliphatic rings. The van der Waals surface area contributed by atoms with Gasteiger partial charge in [0.15, 0.2) is 0 Å². The average molecular weight is 378 g/mol. The minimum Gasteiger partial charge on any atom is -0.394 e. The van der Waals surface area contributed by atoms with E-state index in [-0.39, 0.29) is 17.7 Å². The van der Waals surface area contributed by atoms with Crippen molar-refractivity contribution in [1.82, 2.24) is 19.7 Å². The Bertz CT molecular complexity index is 839. The fraction of sp³-hybridized carbons (Fsp3) is 0.611. The molecule has 0 aliphatic carbocycles. The summed E-state index contributed by atoms with van der Waals surface area (Å²) in [6.07, 6.45) is 1.61. The van der Waals surface area contributed by atoms with Crippen LogP contribution in [-0.4, -0.2) is 57.2 Å². The highest BCUT2D eigenvalue weighted by Gasteiger charge is 2.36. The molecule has 0 bridgehead atoms. The molecule has 26 heavy (non-hydrogen) atoms. The second kappa shape index (κ2) is 7.56. The van der Waals surface area contributed by atoms with Crippen molar-refractivity contribution in [2.24, 2.45) is 7.05 Å². The van der Waals surface area contributed by atoms with E-state index in [0.717, 1.165) is 34.8 Å². The van der Waals surface area contributed by atoms with E-state index in [1.54, 1.807) is 7.05 Å². The zero-order valence-electron chi connectivity index (χ0n) is 15.8. The maximum atomic E-state index is 12.5. The summed E-state index contributed by atoms with van der Waals surface area (Å²) in [5, 5.41) is 16.9. The molecular weight excluding hydrogens is 352 g/mol. The Hall–Kier alpha value is -1.61. The van der Waals surface area contributed by atoms with Crippen molar-refractivity contribution >= 4 is 11.3 Å². The molecule has 0 atom stereocenters. The molecule has 0 unspecified atom stereocenters. The molecule has 1 fully saturated rings. The molecule has 1 aliphatic heterocycles. The van der Waals surface area contributed by atoms with Crippen molar-refractivity contribution in [2.45, 2.75) is 38.8 Å². The molecule has 2 aromatic rings. The number of aliphatic hydroxyl groups excluding tert-OH is 1. The van der Waals surface area contributed by atoms with Crippen molar-refractivity contribution in [3.63, 3.8) is 0 Å². The number of aromatic nitrogens is 3. The fourth-order valence-corrected chi connectivity index (χ4v) is 4.32. The molecule has 8 heteroatoms. The topological polar surface area (TPSA) is 80.5 Å². The van der Waals surface area contributed by atoms with E-state index in [4.69, 9.17) is 9.72 Å². The van der Waals surface area contributed by atoms with E-state index in [9.17, 15) is 9.90 Å². The standard InChI is InChI=1S/C18H26N4O3S/c1-12-13(2)20-22(4)17(24)15(12)16-19-14(10-26-16)9-21(3)18(11-23)5-7-25-8-6-18/h10,23H,5-9,11H2,1-4H3. The molecule has 0 saturated carbocycles. The monoisotopic (exact) mass is 378 g/mol. The summed E-state index contributed by atoms with van der Waals surface area (Å²) < 4.78 is 6.81. The summed E-state index contributed by atoms with van der Waals surface area (Å²) in [5.41, 5.74) is 2.85. The number of aryl methyl sites for hydroxylation is 2. The minimum atomic E-state index is -0.263. The van der Waals surface area contributed by atoms with E-state index in [2.05, 4.69) is 10.00 Å². The third-order valence-corrected chi connectivity index (χ3v) is 6.33. The quantitative estimate of drug-likeness (QED) is 0.849. The Morgan fingerprint density at radius 1 is 1.38 bits per heavy atom. The highest BCUT2D eigenvalue weighted by molar-refractivity contribution is 7.13. The van der Waals surface area contributed by atoms with Gasteiger partial charge in [0.2, 0.25) is 0 Å². The SMILES string of the molecule is Cc1nn(C)c(=O)c(-c2nc(CN(C)C3(CO)CCOCC3)cs2)c1C. The third-order valence-electron chi connectivity index (χ3n) is 5.42. The predicted octanol–water partition coefficient (Wildman–Crippen LogP) is 1.49. The van der Waals surface area contributed by atoms with Crippen LogP contribution in [0.1, 0.15) is 29.8 Å². The average Bonchev–Trinajstić information content (AvgIpc) is 3.09. The van der Waals surface area contributed by atoms with Gasteiger partial charge in [0.05, 0.1) is 23.6 Å². The molecule has 142 valence electrons. The van der Waals surface area contributed by atoms with Gasteiger partial charge in [-0.05, 0) is 39.3 Å².